The average molecular weight is 205 g/mol. The molecule has 1 aliphatic rings. The lowest BCUT2D eigenvalue weighted by Crippen LogP contribution is -2.27. The smallest absolute Gasteiger partial charge is 0.142 e. The minimum absolute atomic E-state index is 0.270. The van der Waals surface area contributed by atoms with E-state index in [4.69, 9.17) is 15.2 Å². The molecule has 0 radical (unpaired) electrons. The van der Waals surface area contributed by atoms with Gasteiger partial charge in [0.2, 0.25) is 0 Å². The maximum atomic E-state index is 5.95. The second-order valence-corrected chi connectivity index (χ2v) is 4.13. The van der Waals surface area contributed by atoms with Crippen molar-refractivity contribution < 1.29 is 9.47 Å². The van der Waals surface area contributed by atoms with E-state index in [-0.39, 0.29) is 5.60 Å². The Bertz CT molecular complexity index is 422. The largest absolute Gasteiger partial charge is 0.495 e. The molecule has 1 aromatic carbocycles. The number of benzene rings is 1. The lowest BCUT2D eigenvalue weighted by Gasteiger charge is -2.28. The van der Waals surface area contributed by atoms with Gasteiger partial charge in [-0.1, -0.05) is 0 Å². The van der Waals surface area contributed by atoms with Gasteiger partial charge in [0.05, 0.1) is 12.8 Å². The highest BCUT2D eigenvalue weighted by Gasteiger charge is 2.23. The van der Waals surface area contributed by atoms with Crippen molar-refractivity contribution >= 4 is 11.8 Å². The fourth-order valence-corrected chi connectivity index (χ4v) is 1.64. The molecule has 0 fully saturated rings. The summed E-state index contributed by atoms with van der Waals surface area (Å²) in [5, 5.41) is 0. The first-order valence-corrected chi connectivity index (χ1v) is 4.88. The monoisotopic (exact) mass is 205 g/mol. The van der Waals surface area contributed by atoms with Crippen LogP contribution in [-0.4, -0.2) is 12.7 Å². The van der Waals surface area contributed by atoms with Crippen LogP contribution in [0.2, 0.25) is 0 Å². The zero-order chi connectivity index (χ0) is 11.1. The zero-order valence-corrected chi connectivity index (χ0v) is 9.20. The highest BCUT2D eigenvalue weighted by atomic mass is 16.5. The molecular weight excluding hydrogens is 190 g/mol. The summed E-state index contributed by atoms with van der Waals surface area (Å²) in [6, 6.07) is 3.71. The van der Waals surface area contributed by atoms with Crippen molar-refractivity contribution in [3.8, 4) is 11.5 Å². The molecule has 3 heteroatoms. The third-order valence-electron chi connectivity index (χ3n) is 2.45. The molecule has 3 nitrogen and oxygen atoms in total. The van der Waals surface area contributed by atoms with Crippen LogP contribution in [-0.2, 0) is 0 Å². The van der Waals surface area contributed by atoms with Crippen LogP contribution in [0.4, 0.5) is 5.69 Å². The van der Waals surface area contributed by atoms with E-state index >= 15 is 0 Å². The van der Waals surface area contributed by atoms with E-state index in [9.17, 15) is 0 Å². The van der Waals surface area contributed by atoms with E-state index in [1.807, 2.05) is 38.1 Å². The third-order valence-corrected chi connectivity index (χ3v) is 2.45. The molecule has 0 saturated heterocycles. The van der Waals surface area contributed by atoms with Gasteiger partial charge in [0.1, 0.15) is 17.1 Å². The molecular formula is C12H15NO2. The summed E-state index contributed by atoms with van der Waals surface area (Å²) in [5.41, 5.74) is 7.20. The molecule has 1 aromatic rings. The maximum Gasteiger partial charge on any atom is 0.142 e. The van der Waals surface area contributed by atoms with Crippen LogP contribution in [0.3, 0.4) is 0 Å². The number of methoxy groups -OCH3 is 1. The Balaban J connectivity index is 2.52. The van der Waals surface area contributed by atoms with E-state index in [1.54, 1.807) is 7.11 Å². The predicted octanol–water partition coefficient (Wildman–Crippen LogP) is 2.46. The van der Waals surface area contributed by atoms with Crippen LogP contribution >= 0.6 is 0 Å². The van der Waals surface area contributed by atoms with Crippen LogP contribution in [0.15, 0.2) is 18.2 Å². The number of rotatable bonds is 1. The van der Waals surface area contributed by atoms with Crippen molar-refractivity contribution in [2.75, 3.05) is 12.8 Å². The van der Waals surface area contributed by atoms with Gasteiger partial charge >= 0.3 is 0 Å². The van der Waals surface area contributed by atoms with E-state index in [0.717, 1.165) is 11.3 Å². The van der Waals surface area contributed by atoms with Gasteiger partial charge in [-0.3, -0.25) is 0 Å². The Morgan fingerprint density at radius 3 is 2.73 bits per heavy atom. The SMILES string of the molecule is COc1ccc2c(c1N)C=CC(C)(C)O2. The topological polar surface area (TPSA) is 44.5 Å². The number of nitrogen functional groups attached to an aromatic ring is 1. The molecule has 0 aromatic heterocycles. The van der Waals surface area contributed by atoms with Gasteiger partial charge in [0.15, 0.2) is 0 Å². The Kier molecular flexibility index (Phi) is 2.11. The van der Waals surface area contributed by atoms with Crippen LogP contribution < -0.4 is 15.2 Å². The van der Waals surface area contributed by atoms with Crippen molar-refractivity contribution in [3.63, 3.8) is 0 Å². The number of anilines is 1. The summed E-state index contributed by atoms with van der Waals surface area (Å²) in [6.45, 7) is 4.01. The molecule has 0 unspecified atom stereocenters. The van der Waals surface area contributed by atoms with Gasteiger partial charge in [-0.2, -0.15) is 0 Å². The summed E-state index contributed by atoms with van der Waals surface area (Å²) in [4.78, 5) is 0. The molecule has 15 heavy (non-hydrogen) atoms. The fraction of sp³-hybridized carbons (Fsp3) is 0.333. The average Bonchev–Trinajstić information content (AvgIpc) is 2.16. The minimum Gasteiger partial charge on any atom is -0.495 e. The van der Waals surface area contributed by atoms with Crippen molar-refractivity contribution in [2.24, 2.45) is 0 Å². The Hall–Kier alpha value is -1.64. The standard InChI is InChI=1S/C12H15NO2/c1-12(2)7-6-8-9(15-12)4-5-10(14-3)11(8)13/h4-7H,13H2,1-3H3. The summed E-state index contributed by atoms with van der Waals surface area (Å²) in [5.74, 6) is 1.49. The van der Waals surface area contributed by atoms with E-state index in [1.165, 1.54) is 0 Å². The van der Waals surface area contributed by atoms with E-state index < -0.39 is 0 Å². The minimum atomic E-state index is -0.270. The maximum absolute atomic E-state index is 5.95. The van der Waals surface area contributed by atoms with Crippen molar-refractivity contribution in [1.29, 1.82) is 0 Å². The second kappa shape index (κ2) is 3.19. The lowest BCUT2D eigenvalue weighted by atomic mass is 10.0. The van der Waals surface area contributed by atoms with Gasteiger partial charge in [0.25, 0.3) is 0 Å². The second-order valence-electron chi connectivity index (χ2n) is 4.13. The van der Waals surface area contributed by atoms with Gasteiger partial charge in [-0.25, -0.2) is 0 Å². The molecule has 0 saturated carbocycles. The van der Waals surface area contributed by atoms with Gasteiger partial charge in [-0.05, 0) is 38.1 Å². The summed E-state index contributed by atoms with van der Waals surface area (Å²) < 4.78 is 10.9. The first kappa shape index (κ1) is 9.90. The Morgan fingerprint density at radius 2 is 2.07 bits per heavy atom. The van der Waals surface area contributed by atoms with Gasteiger partial charge < -0.3 is 15.2 Å². The molecule has 0 aliphatic carbocycles. The third kappa shape index (κ3) is 1.65. The molecule has 0 atom stereocenters. The Labute approximate surface area is 89.5 Å². The van der Waals surface area contributed by atoms with Crippen LogP contribution in [0.1, 0.15) is 19.4 Å². The molecule has 1 heterocycles. The molecule has 1 aliphatic heterocycles. The normalized spacial score (nSPS) is 16.7. The number of fused-ring (bicyclic) bond motifs is 1. The molecule has 0 bridgehead atoms. The number of ether oxygens (including phenoxy) is 2. The number of hydrogen-bond acceptors (Lipinski definition) is 3. The first-order valence-electron chi connectivity index (χ1n) is 4.88. The van der Waals surface area contributed by atoms with Crippen LogP contribution in [0, 0.1) is 0 Å². The van der Waals surface area contributed by atoms with Crippen LogP contribution in [0.5, 0.6) is 11.5 Å². The van der Waals surface area contributed by atoms with Gasteiger partial charge in [0, 0.05) is 5.56 Å². The quantitative estimate of drug-likeness (QED) is 0.716. The number of nitrogens with two attached hydrogens (primary N) is 1. The summed E-state index contributed by atoms with van der Waals surface area (Å²) in [7, 11) is 1.61. The predicted molar refractivity (Wildman–Crippen MR) is 61.1 cm³/mol. The van der Waals surface area contributed by atoms with Crippen molar-refractivity contribution in [3.05, 3.63) is 23.8 Å². The molecule has 2 rings (SSSR count). The van der Waals surface area contributed by atoms with E-state index in [0.29, 0.717) is 11.4 Å². The van der Waals surface area contributed by atoms with Crippen LogP contribution in [0.25, 0.3) is 6.08 Å². The highest BCUT2D eigenvalue weighted by Crippen LogP contribution is 2.38. The molecule has 0 amide bonds. The van der Waals surface area contributed by atoms with Gasteiger partial charge in [-0.15, -0.1) is 0 Å². The lowest BCUT2D eigenvalue weighted by molar-refractivity contribution is 0.159. The van der Waals surface area contributed by atoms with Crippen molar-refractivity contribution in [2.45, 2.75) is 19.4 Å². The van der Waals surface area contributed by atoms with Crippen molar-refractivity contribution in [1.82, 2.24) is 0 Å². The van der Waals surface area contributed by atoms with E-state index in [2.05, 4.69) is 0 Å². The highest BCUT2D eigenvalue weighted by molar-refractivity contribution is 5.76. The molecule has 2 N–H and O–H groups in total. The summed E-state index contributed by atoms with van der Waals surface area (Å²) in [6.07, 6.45) is 3.97. The first-order chi connectivity index (χ1) is 7.03. The number of hydrogen-bond donors (Lipinski definition) is 1. The fourth-order valence-electron chi connectivity index (χ4n) is 1.64. The molecule has 80 valence electrons. The zero-order valence-electron chi connectivity index (χ0n) is 9.20. The molecule has 0 spiro atoms. The summed E-state index contributed by atoms with van der Waals surface area (Å²) >= 11 is 0. The Morgan fingerprint density at radius 1 is 1.33 bits per heavy atom.